The SMILES string of the molecule is CCCCCCCC/C=C\OCC(CO[Si](c1ccccc1)(c1ccccc1)C(C)(C)C)OCc1ccccc1. The normalized spacial score (nSPS) is 13.0. The first-order valence-electron chi connectivity index (χ1n) is 15.1. The highest BCUT2D eigenvalue weighted by molar-refractivity contribution is 6.99. The number of hydrogen-bond acceptors (Lipinski definition) is 3. The molecule has 1 unspecified atom stereocenters. The minimum absolute atomic E-state index is 0.0857. The third-order valence-electron chi connectivity index (χ3n) is 7.43. The number of benzene rings is 3. The molecule has 3 aromatic rings. The van der Waals surface area contributed by atoms with Crippen molar-refractivity contribution < 1.29 is 13.9 Å². The average molecular weight is 559 g/mol. The predicted molar refractivity (Wildman–Crippen MR) is 172 cm³/mol. The van der Waals surface area contributed by atoms with Crippen LogP contribution in [-0.4, -0.2) is 27.6 Å². The summed E-state index contributed by atoms with van der Waals surface area (Å²) in [5.74, 6) is 0. The molecule has 0 amide bonds. The number of allylic oxidation sites excluding steroid dienone is 1. The van der Waals surface area contributed by atoms with Crippen molar-refractivity contribution in [3.63, 3.8) is 0 Å². The quantitative estimate of drug-likeness (QED) is 0.0891. The summed E-state index contributed by atoms with van der Waals surface area (Å²) in [5.41, 5.74) is 1.15. The maximum atomic E-state index is 7.17. The summed E-state index contributed by atoms with van der Waals surface area (Å²) in [7, 11) is -2.65. The molecule has 0 aliphatic heterocycles. The van der Waals surface area contributed by atoms with E-state index in [0.29, 0.717) is 19.8 Å². The van der Waals surface area contributed by atoms with Crippen LogP contribution in [0.25, 0.3) is 0 Å². The summed E-state index contributed by atoms with van der Waals surface area (Å²) < 4.78 is 19.6. The molecule has 40 heavy (non-hydrogen) atoms. The molecule has 0 spiro atoms. The van der Waals surface area contributed by atoms with Crippen LogP contribution in [-0.2, 0) is 20.5 Å². The van der Waals surface area contributed by atoms with Crippen molar-refractivity contribution >= 4 is 18.7 Å². The minimum Gasteiger partial charge on any atom is -0.499 e. The molecule has 0 aliphatic rings. The first-order valence-corrected chi connectivity index (χ1v) is 17.1. The Balaban J connectivity index is 1.72. The summed E-state index contributed by atoms with van der Waals surface area (Å²) in [5, 5.41) is 2.46. The van der Waals surface area contributed by atoms with E-state index in [1.54, 1.807) is 0 Å². The molecular weight excluding hydrogens is 508 g/mol. The molecule has 216 valence electrons. The highest BCUT2D eigenvalue weighted by Gasteiger charge is 2.50. The molecule has 4 heteroatoms. The molecule has 3 rings (SSSR count). The van der Waals surface area contributed by atoms with Gasteiger partial charge in [-0.1, -0.05) is 151 Å². The fraction of sp³-hybridized carbons (Fsp3) is 0.444. The second kappa shape index (κ2) is 17.2. The van der Waals surface area contributed by atoms with E-state index in [-0.39, 0.29) is 11.1 Å². The summed E-state index contributed by atoms with van der Waals surface area (Å²) >= 11 is 0. The van der Waals surface area contributed by atoms with Gasteiger partial charge in [-0.2, -0.15) is 0 Å². The zero-order valence-corrected chi connectivity index (χ0v) is 26.2. The van der Waals surface area contributed by atoms with Gasteiger partial charge < -0.3 is 13.9 Å². The Bertz CT molecular complexity index is 1040. The largest absolute Gasteiger partial charge is 0.499 e. The maximum absolute atomic E-state index is 7.17. The standard InChI is InChI=1S/C36H50O3Si/c1-5-6-7-8-9-10-11-21-28-37-30-33(38-29-32-22-15-12-16-23-32)31-39-40(36(2,3)4,34-24-17-13-18-25-34)35-26-19-14-20-27-35/h12-28,33H,5-11,29-31H2,1-4H3/b28-21-. The van der Waals surface area contributed by atoms with Crippen molar-refractivity contribution in [1.29, 1.82) is 0 Å². The molecule has 3 nitrogen and oxygen atoms in total. The van der Waals surface area contributed by atoms with Crippen LogP contribution in [0.4, 0.5) is 0 Å². The first-order chi connectivity index (χ1) is 19.5. The fourth-order valence-electron chi connectivity index (χ4n) is 5.25. The molecule has 1 atom stereocenters. The van der Waals surface area contributed by atoms with Crippen LogP contribution in [0.5, 0.6) is 0 Å². The molecule has 0 fully saturated rings. The van der Waals surface area contributed by atoms with Crippen molar-refractivity contribution in [2.75, 3.05) is 13.2 Å². The zero-order chi connectivity index (χ0) is 28.5. The second-order valence-corrected chi connectivity index (χ2v) is 16.0. The van der Waals surface area contributed by atoms with Crippen LogP contribution in [0, 0.1) is 0 Å². The van der Waals surface area contributed by atoms with Crippen LogP contribution in [0.15, 0.2) is 103 Å². The van der Waals surface area contributed by atoms with E-state index in [1.807, 2.05) is 24.5 Å². The third kappa shape index (κ3) is 9.76. The Kier molecular flexibility index (Phi) is 13.7. The van der Waals surface area contributed by atoms with Gasteiger partial charge in [0.25, 0.3) is 8.32 Å². The molecule has 0 radical (unpaired) electrons. The first kappa shape index (κ1) is 31.9. The summed E-state index contributed by atoms with van der Waals surface area (Å²) in [6, 6.07) is 31.9. The smallest absolute Gasteiger partial charge is 0.261 e. The van der Waals surface area contributed by atoms with Gasteiger partial charge in [0.05, 0.1) is 19.5 Å². The van der Waals surface area contributed by atoms with Crippen LogP contribution < -0.4 is 10.4 Å². The number of ether oxygens (including phenoxy) is 2. The monoisotopic (exact) mass is 558 g/mol. The van der Waals surface area contributed by atoms with Gasteiger partial charge in [0, 0.05) is 0 Å². The van der Waals surface area contributed by atoms with Gasteiger partial charge in [-0.3, -0.25) is 0 Å². The van der Waals surface area contributed by atoms with E-state index in [9.17, 15) is 0 Å². The van der Waals surface area contributed by atoms with Gasteiger partial charge in [0.1, 0.15) is 12.7 Å². The summed E-state index contributed by atoms with van der Waals surface area (Å²) in [6.07, 6.45) is 12.7. The molecule has 3 aromatic carbocycles. The fourth-order valence-corrected chi connectivity index (χ4v) is 9.85. The lowest BCUT2D eigenvalue weighted by Crippen LogP contribution is -2.67. The van der Waals surface area contributed by atoms with Crippen molar-refractivity contribution in [2.24, 2.45) is 0 Å². The Labute approximate surface area is 244 Å². The zero-order valence-electron chi connectivity index (χ0n) is 25.2. The van der Waals surface area contributed by atoms with Gasteiger partial charge in [-0.15, -0.1) is 0 Å². The van der Waals surface area contributed by atoms with Crippen LogP contribution in [0.1, 0.15) is 78.2 Å². The molecular formula is C36H50O3Si. The topological polar surface area (TPSA) is 27.7 Å². The number of rotatable bonds is 18. The summed E-state index contributed by atoms with van der Waals surface area (Å²) in [6.45, 7) is 10.6. The lowest BCUT2D eigenvalue weighted by molar-refractivity contribution is -0.0282. The van der Waals surface area contributed by atoms with E-state index < -0.39 is 8.32 Å². The minimum atomic E-state index is -2.65. The molecule has 0 saturated carbocycles. The predicted octanol–water partition coefficient (Wildman–Crippen LogP) is 8.43. The number of hydrogen-bond donors (Lipinski definition) is 0. The summed E-state index contributed by atoms with van der Waals surface area (Å²) in [4.78, 5) is 0. The highest BCUT2D eigenvalue weighted by atomic mass is 28.4. The van der Waals surface area contributed by atoms with E-state index in [4.69, 9.17) is 13.9 Å². The van der Waals surface area contributed by atoms with E-state index >= 15 is 0 Å². The van der Waals surface area contributed by atoms with Crippen molar-refractivity contribution in [2.45, 2.75) is 90.4 Å². The van der Waals surface area contributed by atoms with Gasteiger partial charge in [0.2, 0.25) is 0 Å². The van der Waals surface area contributed by atoms with Crippen LogP contribution in [0.3, 0.4) is 0 Å². The lowest BCUT2D eigenvalue weighted by Gasteiger charge is -2.43. The van der Waals surface area contributed by atoms with Gasteiger partial charge in [0.15, 0.2) is 0 Å². The Morgan fingerprint density at radius 1 is 0.700 bits per heavy atom. The Morgan fingerprint density at radius 2 is 1.25 bits per heavy atom. The molecule has 0 heterocycles. The van der Waals surface area contributed by atoms with Gasteiger partial charge in [-0.05, 0) is 39.9 Å². The molecule has 0 bridgehead atoms. The maximum Gasteiger partial charge on any atom is 0.261 e. The van der Waals surface area contributed by atoms with E-state index in [1.165, 1.54) is 48.9 Å². The van der Waals surface area contributed by atoms with E-state index in [2.05, 4.69) is 107 Å². The van der Waals surface area contributed by atoms with Crippen molar-refractivity contribution in [1.82, 2.24) is 0 Å². The van der Waals surface area contributed by atoms with Crippen molar-refractivity contribution in [3.8, 4) is 0 Å². The lowest BCUT2D eigenvalue weighted by atomic mass is 10.1. The number of unbranched alkanes of at least 4 members (excludes halogenated alkanes) is 6. The Morgan fingerprint density at radius 3 is 1.82 bits per heavy atom. The van der Waals surface area contributed by atoms with Gasteiger partial charge in [-0.25, -0.2) is 0 Å². The molecule has 0 aliphatic carbocycles. The third-order valence-corrected chi connectivity index (χ3v) is 12.4. The molecule has 0 aromatic heterocycles. The molecule has 0 N–H and O–H groups in total. The van der Waals surface area contributed by atoms with Gasteiger partial charge >= 0.3 is 0 Å². The average Bonchev–Trinajstić information content (AvgIpc) is 2.97. The van der Waals surface area contributed by atoms with Crippen LogP contribution in [0.2, 0.25) is 5.04 Å². The molecule has 0 saturated heterocycles. The Hall–Kier alpha value is -2.66. The second-order valence-electron chi connectivity index (χ2n) is 11.7. The van der Waals surface area contributed by atoms with E-state index in [0.717, 1.165) is 12.0 Å². The van der Waals surface area contributed by atoms with Crippen molar-refractivity contribution in [3.05, 3.63) is 109 Å². The van der Waals surface area contributed by atoms with Crippen LogP contribution >= 0.6 is 0 Å². The highest BCUT2D eigenvalue weighted by Crippen LogP contribution is 2.37.